The number of ether oxygens (including phenoxy) is 2. The fraction of sp³-hybridized carbons (Fsp3) is 0.296. The summed E-state index contributed by atoms with van der Waals surface area (Å²) in [6, 6.07) is 21.0. The van der Waals surface area contributed by atoms with Gasteiger partial charge in [0, 0.05) is 24.3 Å². The van der Waals surface area contributed by atoms with Gasteiger partial charge in [0.1, 0.15) is 5.75 Å². The first-order valence-electron chi connectivity index (χ1n) is 11.3. The zero-order valence-electron chi connectivity index (χ0n) is 19.2. The van der Waals surface area contributed by atoms with Crippen LogP contribution in [-0.2, 0) is 10.2 Å². The molecule has 33 heavy (non-hydrogen) atoms. The highest BCUT2D eigenvalue weighted by atomic mass is 35.5. The molecule has 0 aliphatic carbocycles. The Morgan fingerprint density at radius 1 is 1.00 bits per heavy atom. The van der Waals surface area contributed by atoms with E-state index in [4.69, 9.17) is 21.1 Å². The van der Waals surface area contributed by atoms with Gasteiger partial charge < -0.3 is 19.4 Å². The third kappa shape index (κ3) is 4.70. The third-order valence-electron chi connectivity index (χ3n) is 6.02. The minimum absolute atomic E-state index is 0.0486. The molecule has 5 nitrogen and oxygen atoms in total. The summed E-state index contributed by atoms with van der Waals surface area (Å²) in [7, 11) is 0. The number of H-pyrrole nitrogens is 1. The number of morpholine rings is 1. The maximum atomic E-state index is 6.65. The molecule has 0 saturated carbocycles. The number of halogens is 1. The topological polar surface area (TPSA) is 50.4 Å². The van der Waals surface area contributed by atoms with E-state index in [1.807, 2.05) is 24.3 Å². The molecular formula is C27H28ClN3O2. The van der Waals surface area contributed by atoms with E-state index in [-0.39, 0.29) is 5.41 Å². The number of aromatic amines is 1. The van der Waals surface area contributed by atoms with Crippen LogP contribution in [0.2, 0.25) is 5.02 Å². The summed E-state index contributed by atoms with van der Waals surface area (Å²) in [6.07, 6.45) is 0. The number of nitrogens with zero attached hydrogens (tertiary/aromatic N) is 2. The molecule has 1 aliphatic heterocycles. The first-order valence-corrected chi connectivity index (χ1v) is 11.7. The third-order valence-corrected chi connectivity index (χ3v) is 6.33. The van der Waals surface area contributed by atoms with Crippen LogP contribution in [-0.4, -0.2) is 36.3 Å². The van der Waals surface area contributed by atoms with Gasteiger partial charge in [0.2, 0.25) is 0 Å². The first kappa shape index (κ1) is 21.8. The van der Waals surface area contributed by atoms with E-state index in [2.05, 4.69) is 72.0 Å². The highest BCUT2D eigenvalue weighted by Crippen LogP contribution is 2.34. The fourth-order valence-electron chi connectivity index (χ4n) is 4.09. The van der Waals surface area contributed by atoms with E-state index in [0.29, 0.717) is 11.0 Å². The van der Waals surface area contributed by atoms with E-state index in [1.54, 1.807) is 0 Å². The van der Waals surface area contributed by atoms with E-state index < -0.39 is 0 Å². The molecule has 5 rings (SSSR count). The molecule has 4 aromatic rings. The van der Waals surface area contributed by atoms with Crippen LogP contribution >= 0.6 is 11.6 Å². The van der Waals surface area contributed by atoms with Crippen LogP contribution in [0, 0.1) is 0 Å². The molecule has 170 valence electrons. The number of hydrogen-bond donors (Lipinski definition) is 1. The van der Waals surface area contributed by atoms with E-state index in [1.165, 1.54) is 11.3 Å². The second-order valence-corrected chi connectivity index (χ2v) is 9.82. The van der Waals surface area contributed by atoms with Crippen molar-refractivity contribution in [2.75, 3.05) is 31.2 Å². The first-order chi connectivity index (χ1) is 15.9. The molecule has 0 atom stereocenters. The zero-order valence-corrected chi connectivity index (χ0v) is 19.9. The smallest absolute Gasteiger partial charge is 0.300 e. The van der Waals surface area contributed by atoms with Gasteiger partial charge >= 0.3 is 0 Å². The maximum absolute atomic E-state index is 6.65. The fourth-order valence-corrected chi connectivity index (χ4v) is 4.36. The Kier molecular flexibility index (Phi) is 5.77. The van der Waals surface area contributed by atoms with Crippen molar-refractivity contribution in [2.45, 2.75) is 26.2 Å². The maximum Gasteiger partial charge on any atom is 0.300 e. The quantitative estimate of drug-likeness (QED) is 0.362. The highest BCUT2D eigenvalue weighted by molar-refractivity contribution is 6.34. The molecular weight excluding hydrogens is 434 g/mol. The highest BCUT2D eigenvalue weighted by Gasteiger charge is 2.16. The average Bonchev–Trinajstić information content (AvgIpc) is 3.20. The Morgan fingerprint density at radius 3 is 2.48 bits per heavy atom. The number of fused-ring (bicyclic) bond motifs is 1. The van der Waals surface area contributed by atoms with Crippen molar-refractivity contribution in [2.24, 2.45) is 0 Å². The number of hydrogen-bond acceptors (Lipinski definition) is 4. The van der Waals surface area contributed by atoms with Crippen LogP contribution in [0.15, 0.2) is 60.7 Å². The predicted molar refractivity (Wildman–Crippen MR) is 135 cm³/mol. The van der Waals surface area contributed by atoms with Gasteiger partial charge in [-0.2, -0.15) is 4.98 Å². The number of benzene rings is 3. The second kappa shape index (κ2) is 8.73. The zero-order chi connectivity index (χ0) is 23.0. The molecule has 3 aromatic carbocycles. The summed E-state index contributed by atoms with van der Waals surface area (Å²) in [6.45, 7) is 9.93. The minimum atomic E-state index is 0.0486. The van der Waals surface area contributed by atoms with Gasteiger partial charge in [-0.3, -0.25) is 0 Å². The molecule has 0 unspecified atom stereocenters. The van der Waals surface area contributed by atoms with Crippen molar-refractivity contribution < 1.29 is 9.47 Å². The van der Waals surface area contributed by atoms with Gasteiger partial charge in [-0.1, -0.05) is 56.6 Å². The van der Waals surface area contributed by atoms with Gasteiger partial charge in [0.25, 0.3) is 6.01 Å². The summed E-state index contributed by atoms with van der Waals surface area (Å²) < 4.78 is 11.5. The molecule has 0 radical (unpaired) electrons. The van der Waals surface area contributed by atoms with Crippen LogP contribution in [0.25, 0.3) is 22.2 Å². The van der Waals surface area contributed by atoms with Crippen molar-refractivity contribution >= 4 is 28.3 Å². The van der Waals surface area contributed by atoms with Crippen molar-refractivity contribution in [3.8, 4) is 22.9 Å². The van der Waals surface area contributed by atoms with Crippen molar-refractivity contribution in [1.29, 1.82) is 0 Å². The molecule has 1 fully saturated rings. The van der Waals surface area contributed by atoms with Crippen LogP contribution in [0.4, 0.5) is 5.69 Å². The van der Waals surface area contributed by atoms with Gasteiger partial charge in [-0.25, -0.2) is 0 Å². The van der Waals surface area contributed by atoms with Gasteiger partial charge in [0.15, 0.2) is 0 Å². The predicted octanol–water partition coefficient (Wildman–Crippen LogP) is 6.81. The lowest BCUT2D eigenvalue weighted by Gasteiger charge is -2.29. The molecule has 1 saturated heterocycles. The monoisotopic (exact) mass is 461 g/mol. The van der Waals surface area contributed by atoms with E-state index in [9.17, 15) is 0 Å². The van der Waals surface area contributed by atoms with Gasteiger partial charge in [-0.05, 0) is 52.9 Å². The molecule has 6 heteroatoms. The van der Waals surface area contributed by atoms with Crippen LogP contribution in [0.5, 0.6) is 11.8 Å². The van der Waals surface area contributed by atoms with Crippen LogP contribution in [0.1, 0.15) is 26.3 Å². The summed E-state index contributed by atoms with van der Waals surface area (Å²) in [5, 5.41) is 0.673. The van der Waals surface area contributed by atoms with E-state index in [0.717, 1.165) is 54.2 Å². The Labute approximate surface area is 199 Å². The molecule has 1 N–H and O–H groups in total. The Balaban J connectivity index is 1.40. The number of anilines is 1. The normalized spacial score (nSPS) is 14.6. The van der Waals surface area contributed by atoms with Gasteiger partial charge in [-0.15, -0.1) is 0 Å². The Hall–Kier alpha value is -3.02. The second-order valence-electron chi connectivity index (χ2n) is 9.42. The molecule has 2 heterocycles. The lowest BCUT2D eigenvalue weighted by Crippen LogP contribution is -2.36. The number of aromatic nitrogens is 2. The molecule has 1 aliphatic rings. The largest absolute Gasteiger partial charge is 0.426 e. The van der Waals surface area contributed by atoms with Crippen molar-refractivity contribution in [1.82, 2.24) is 9.97 Å². The molecule has 0 spiro atoms. The molecule has 1 aromatic heterocycles. The SMILES string of the molecule is CC(C)(C)c1cccc(Oc2nc3cc(-c4ccc(N5CCOCC5)cc4)c(Cl)cc3[nH]2)c1. The summed E-state index contributed by atoms with van der Waals surface area (Å²) >= 11 is 6.65. The lowest BCUT2D eigenvalue weighted by molar-refractivity contribution is 0.122. The van der Waals surface area contributed by atoms with Crippen LogP contribution < -0.4 is 9.64 Å². The summed E-state index contributed by atoms with van der Waals surface area (Å²) in [4.78, 5) is 10.2. The Bertz CT molecular complexity index is 1270. The van der Waals surface area contributed by atoms with Gasteiger partial charge in [0.05, 0.1) is 29.3 Å². The van der Waals surface area contributed by atoms with Crippen molar-refractivity contribution in [3.05, 3.63) is 71.2 Å². The molecule has 0 amide bonds. The summed E-state index contributed by atoms with van der Waals surface area (Å²) in [5.41, 5.74) is 6.12. The minimum Gasteiger partial charge on any atom is -0.426 e. The Morgan fingerprint density at radius 2 is 1.76 bits per heavy atom. The average molecular weight is 462 g/mol. The number of imidazole rings is 1. The number of rotatable bonds is 4. The summed E-state index contributed by atoms with van der Waals surface area (Å²) in [5.74, 6) is 0.756. The lowest BCUT2D eigenvalue weighted by atomic mass is 9.87. The standard InChI is InChI=1S/C27H28ClN3O2/c1-27(2,3)19-5-4-6-21(15-19)33-26-29-24-16-22(23(28)17-25(24)30-26)18-7-9-20(10-8-18)31-11-13-32-14-12-31/h4-10,15-17H,11-14H2,1-3H3,(H,29,30). The molecule has 0 bridgehead atoms. The number of nitrogens with one attached hydrogen (secondary N) is 1. The van der Waals surface area contributed by atoms with Crippen molar-refractivity contribution in [3.63, 3.8) is 0 Å². The van der Waals surface area contributed by atoms with E-state index >= 15 is 0 Å². The van der Waals surface area contributed by atoms with Crippen LogP contribution in [0.3, 0.4) is 0 Å².